The van der Waals surface area contributed by atoms with Gasteiger partial charge >= 0.3 is 0 Å². The average Bonchev–Trinajstić information content (AvgIpc) is 2.56. The fourth-order valence-electron chi connectivity index (χ4n) is 2.01. The Morgan fingerprint density at radius 1 is 1.39 bits per heavy atom. The van der Waals surface area contributed by atoms with E-state index in [9.17, 15) is 0 Å². The van der Waals surface area contributed by atoms with Crippen molar-refractivity contribution in [3.05, 3.63) is 45.4 Å². The van der Waals surface area contributed by atoms with Crippen LogP contribution < -0.4 is 5.73 Å². The number of halogens is 1. The van der Waals surface area contributed by atoms with Crippen LogP contribution in [-0.4, -0.2) is 14.8 Å². The Bertz CT molecular complexity index is 562. The van der Waals surface area contributed by atoms with E-state index < -0.39 is 0 Å². The summed E-state index contributed by atoms with van der Waals surface area (Å²) in [4.78, 5) is 4.18. The second-order valence-corrected chi connectivity index (χ2v) is 5.37. The highest BCUT2D eigenvalue weighted by atomic mass is 79.9. The third kappa shape index (κ3) is 2.62. The Kier molecular flexibility index (Phi) is 3.82. The second-order valence-electron chi connectivity index (χ2n) is 4.58. The molecule has 2 rings (SSSR count). The normalized spacial score (nSPS) is 12.7. The van der Waals surface area contributed by atoms with Crippen molar-refractivity contribution in [1.29, 1.82) is 0 Å². The fraction of sp³-hybridized carbons (Fsp3) is 0.385. The highest BCUT2D eigenvalue weighted by Gasteiger charge is 2.15. The molecule has 2 heterocycles. The lowest BCUT2D eigenvalue weighted by atomic mass is 10.0. The monoisotopic (exact) mass is 308 g/mol. The van der Waals surface area contributed by atoms with E-state index in [1.54, 1.807) is 0 Å². The van der Waals surface area contributed by atoms with Gasteiger partial charge in [0.1, 0.15) is 0 Å². The molecule has 0 radical (unpaired) electrons. The molecule has 0 aromatic carbocycles. The van der Waals surface area contributed by atoms with Gasteiger partial charge in [0.05, 0.1) is 15.9 Å². The molecule has 1 atom stereocenters. The first-order valence-corrected chi connectivity index (χ1v) is 6.63. The van der Waals surface area contributed by atoms with Gasteiger partial charge in [0.15, 0.2) is 0 Å². The number of pyridine rings is 1. The largest absolute Gasteiger partial charge is 0.324 e. The molecule has 18 heavy (non-hydrogen) atoms. The maximum absolute atomic E-state index is 6.24. The lowest BCUT2D eigenvalue weighted by Gasteiger charge is -2.12. The zero-order chi connectivity index (χ0) is 13.3. The number of aromatic nitrogens is 3. The summed E-state index contributed by atoms with van der Waals surface area (Å²) < 4.78 is 2.92. The maximum Gasteiger partial charge on any atom is 0.0738 e. The minimum atomic E-state index is -0.0662. The average molecular weight is 309 g/mol. The molecule has 0 bridgehead atoms. The van der Waals surface area contributed by atoms with E-state index in [0.717, 1.165) is 33.4 Å². The van der Waals surface area contributed by atoms with Crippen LogP contribution in [0, 0.1) is 13.8 Å². The van der Waals surface area contributed by atoms with Crippen LogP contribution in [-0.2, 0) is 13.5 Å². The molecule has 0 saturated heterocycles. The smallest absolute Gasteiger partial charge is 0.0738 e. The Hall–Kier alpha value is -1.20. The number of nitrogens with two attached hydrogens (primary N) is 1. The third-order valence-corrected chi connectivity index (χ3v) is 4.03. The first kappa shape index (κ1) is 13.2. The van der Waals surface area contributed by atoms with Gasteiger partial charge in [0, 0.05) is 31.9 Å². The minimum Gasteiger partial charge on any atom is -0.324 e. The molecule has 2 aromatic rings. The van der Waals surface area contributed by atoms with Crippen molar-refractivity contribution >= 4 is 15.9 Å². The molecule has 0 amide bonds. The van der Waals surface area contributed by atoms with Crippen LogP contribution in [0.1, 0.15) is 28.6 Å². The Balaban J connectivity index is 2.24. The highest BCUT2D eigenvalue weighted by molar-refractivity contribution is 9.10. The summed E-state index contributed by atoms with van der Waals surface area (Å²) >= 11 is 3.56. The van der Waals surface area contributed by atoms with Crippen LogP contribution in [0.4, 0.5) is 0 Å². The molecule has 0 spiro atoms. The van der Waals surface area contributed by atoms with Crippen molar-refractivity contribution in [2.45, 2.75) is 26.3 Å². The van der Waals surface area contributed by atoms with Crippen LogP contribution in [0.25, 0.3) is 0 Å². The van der Waals surface area contributed by atoms with E-state index in [0.29, 0.717) is 0 Å². The lowest BCUT2D eigenvalue weighted by molar-refractivity contribution is 0.636. The summed E-state index contributed by atoms with van der Waals surface area (Å²) in [6.45, 7) is 4.00. The Morgan fingerprint density at radius 2 is 2.11 bits per heavy atom. The van der Waals surface area contributed by atoms with Crippen molar-refractivity contribution in [1.82, 2.24) is 14.8 Å². The summed E-state index contributed by atoms with van der Waals surface area (Å²) in [5.74, 6) is 0. The van der Waals surface area contributed by atoms with Gasteiger partial charge in [-0.1, -0.05) is 6.07 Å². The van der Waals surface area contributed by atoms with Crippen LogP contribution in [0.5, 0.6) is 0 Å². The van der Waals surface area contributed by atoms with Gasteiger partial charge in [-0.15, -0.1) is 0 Å². The highest BCUT2D eigenvalue weighted by Crippen LogP contribution is 2.24. The van der Waals surface area contributed by atoms with Crippen molar-refractivity contribution in [3.8, 4) is 0 Å². The van der Waals surface area contributed by atoms with E-state index >= 15 is 0 Å². The van der Waals surface area contributed by atoms with Gasteiger partial charge in [-0.2, -0.15) is 5.10 Å². The van der Waals surface area contributed by atoms with Gasteiger partial charge in [0.25, 0.3) is 0 Å². The van der Waals surface area contributed by atoms with Crippen LogP contribution in [0.3, 0.4) is 0 Å². The molecule has 0 aliphatic rings. The SMILES string of the molecule is Cc1cncc(C(N)Cc2c(Br)c(C)nn2C)c1. The van der Waals surface area contributed by atoms with E-state index in [2.05, 4.69) is 32.1 Å². The van der Waals surface area contributed by atoms with E-state index in [1.165, 1.54) is 0 Å². The summed E-state index contributed by atoms with van der Waals surface area (Å²) in [7, 11) is 1.94. The number of rotatable bonds is 3. The van der Waals surface area contributed by atoms with Crippen LogP contribution >= 0.6 is 15.9 Å². The van der Waals surface area contributed by atoms with Crippen molar-refractivity contribution in [2.24, 2.45) is 12.8 Å². The van der Waals surface area contributed by atoms with E-state index in [1.807, 2.05) is 38.0 Å². The zero-order valence-electron chi connectivity index (χ0n) is 10.8. The second kappa shape index (κ2) is 5.20. The standard InChI is InChI=1S/C13H17BrN4/c1-8-4-10(7-16-6-8)11(15)5-12-13(14)9(2)17-18(12)3/h4,6-7,11H,5,15H2,1-3H3. The number of hydrogen-bond acceptors (Lipinski definition) is 3. The number of aryl methyl sites for hydroxylation is 3. The molecule has 4 nitrogen and oxygen atoms in total. The zero-order valence-corrected chi connectivity index (χ0v) is 12.4. The van der Waals surface area contributed by atoms with Gasteiger partial charge in [-0.05, 0) is 40.9 Å². The molecule has 5 heteroatoms. The summed E-state index contributed by atoms with van der Waals surface area (Å²) in [5, 5.41) is 4.37. The molecular formula is C13H17BrN4. The molecule has 1 unspecified atom stereocenters. The predicted octanol–water partition coefficient (Wildman–Crippen LogP) is 2.44. The van der Waals surface area contributed by atoms with Gasteiger partial charge < -0.3 is 5.73 Å². The quantitative estimate of drug-likeness (QED) is 0.947. The van der Waals surface area contributed by atoms with Crippen LogP contribution in [0.15, 0.2) is 22.9 Å². The minimum absolute atomic E-state index is 0.0662. The van der Waals surface area contributed by atoms with Crippen molar-refractivity contribution < 1.29 is 0 Å². The summed E-state index contributed by atoms with van der Waals surface area (Å²) in [5.41, 5.74) is 10.5. The van der Waals surface area contributed by atoms with Gasteiger partial charge in [0.2, 0.25) is 0 Å². The molecule has 0 aliphatic heterocycles. The van der Waals surface area contributed by atoms with Gasteiger partial charge in [-0.3, -0.25) is 9.67 Å². The van der Waals surface area contributed by atoms with Crippen molar-refractivity contribution in [2.75, 3.05) is 0 Å². The Morgan fingerprint density at radius 3 is 2.67 bits per heavy atom. The fourth-order valence-corrected chi connectivity index (χ4v) is 2.51. The molecule has 96 valence electrons. The summed E-state index contributed by atoms with van der Waals surface area (Å²) in [6.07, 6.45) is 4.40. The molecular weight excluding hydrogens is 292 g/mol. The number of hydrogen-bond donors (Lipinski definition) is 1. The molecule has 0 fully saturated rings. The Labute approximate surface area is 115 Å². The third-order valence-electron chi connectivity index (χ3n) is 3.00. The van der Waals surface area contributed by atoms with Gasteiger partial charge in [-0.25, -0.2) is 0 Å². The predicted molar refractivity (Wildman–Crippen MR) is 75.3 cm³/mol. The maximum atomic E-state index is 6.24. The molecule has 2 aromatic heterocycles. The molecule has 2 N–H and O–H groups in total. The molecule has 0 aliphatic carbocycles. The first-order chi connectivity index (χ1) is 8.49. The topological polar surface area (TPSA) is 56.7 Å². The van der Waals surface area contributed by atoms with E-state index in [4.69, 9.17) is 5.73 Å². The first-order valence-electron chi connectivity index (χ1n) is 5.84. The lowest BCUT2D eigenvalue weighted by Crippen LogP contribution is -2.16. The summed E-state index contributed by atoms with van der Waals surface area (Å²) in [6, 6.07) is 2.01. The van der Waals surface area contributed by atoms with Crippen LogP contribution in [0.2, 0.25) is 0 Å². The van der Waals surface area contributed by atoms with E-state index in [-0.39, 0.29) is 6.04 Å². The molecule has 0 saturated carbocycles. The number of nitrogens with zero attached hydrogens (tertiary/aromatic N) is 3. The van der Waals surface area contributed by atoms with Crippen molar-refractivity contribution in [3.63, 3.8) is 0 Å².